The number of ether oxygens (including phenoxy) is 1. The third-order valence-electron chi connectivity index (χ3n) is 5.05. The van der Waals surface area contributed by atoms with E-state index in [4.69, 9.17) is 21.4 Å². The van der Waals surface area contributed by atoms with E-state index in [1.165, 1.54) is 31.0 Å². The van der Waals surface area contributed by atoms with Gasteiger partial charge in [-0.2, -0.15) is 0 Å². The van der Waals surface area contributed by atoms with Crippen molar-refractivity contribution < 1.29 is 9.16 Å². The lowest BCUT2D eigenvalue weighted by atomic mass is 10.0. The first-order valence-electron chi connectivity index (χ1n) is 9.63. The van der Waals surface area contributed by atoms with Crippen molar-refractivity contribution in [1.82, 2.24) is 0 Å². The highest BCUT2D eigenvalue weighted by Gasteiger charge is 2.36. The third kappa shape index (κ3) is 12.2. The van der Waals surface area contributed by atoms with Crippen LogP contribution in [0.4, 0.5) is 0 Å². The van der Waals surface area contributed by atoms with Crippen LogP contribution in [0, 0.1) is 0 Å². The summed E-state index contributed by atoms with van der Waals surface area (Å²) in [5.74, 6) is 0. The van der Waals surface area contributed by atoms with Crippen molar-refractivity contribution in [2.24, 2.45) is 0 Å². The van der Waals surface area contributed by atoms with Crippen LogP contribution in [0.1, 0.15) is 72.1 Å². The van der Waals surface area contributed by atoms with Crippen LogP contribution in [0.15, 0.2) is 12.7 Å². The lowest BCUT2D eigenvalue weighted by Gasteiger charge is -2.36. The molecule has 0 saturated carbocycles. The van der Waals surface area contributed by atoms with Crippen LogP contribution in [-0.2, 0) is 9.16 Å². The fourth-order valence-electron chi connectivity index (χ4n) is 2.31. The summed E-state index contributed by atoms with van der Waals surface area (Å²) in [5, 5.41) is 0.304. The number of hydrogen-bond donors (Lipinski definition) is 0. The van der Waals surface area contributed by atoms with Gasteiger partial charge in [0.05, 0.1) is 0 Å². The molecule has 0 aliphatic rings. The fourth-order valence-corrected chi connectivity index (χ4v) is 3.76. The van der Waals surface area contributed by atoms with Gasteiger partial charge in [0.25, 0.3) is 0 Å². The van der Waals surface area contributed by atoms with E-state index in [-0.39, 0.29) is 6.10 Å². The van der Waals surface area contributed by atoms with E-state index in [1.54, 1.807) is 0 Å². The SMILES string of the molecule is C=CCCCC(CCCCCCO[Si](C)(C)C(C)(C)C)OC(=S)SC. The minimum absolute atomic E-state index is 0.267. The molecule has 1 unspecified atom stereocenters. The second kappa shape index (κ2) is 13.3. The second-order valence-corrected chi connectivity index (χ2v) is 14.4. The monoisotopic (exact) mass is 404 g/mol. The largest absolute Gasteiger partial charge is 0.475 e. The predicted octanol–water partition coefficient (Wildman–Crippen LogP) is 7.35. The van der Waals surface area contributed by atoms with Crippen molar-refractivity contribution in [2.45, 2.75) is 96.4 Å². The van der Waals surface area contributed by atoms with Gasteiger partial charge in [0.1, 0.15) is 6.10 Å². The fraction of sp³-hybridized carbons (Fsp3) is 0.850. The van der Waals surface area contributed by atoms with Gasteiger partial charge in [0.2, 0.25) is 4.38 Å². The molecule has 0 saturated heterocycles. The van der Waals surface area contributed by atoms with Crippen LogP contribution in [0.3, 0.4) is 0 Å². The van der Waals surface area contributed by atoms with Crippen molar-refractivity contribution in [2.75, 3.05) is 12.9 Å². The van der Waals surface area contributed by atoms with Gasteiger partial charge in [-0.1, -0.05) is 51.5 Å². The predicted molar refractivity (Wildman–Crippen MR) is 121 cm³/mol. The Morgan fingerprint density at radius 3 is 2.28 bits per heavy atom. The maximum atomic E-state index is 6.24. The third-order valence-corrected chi connectivity index (χ3v) is 10.6. The molecular formula is C20H40O2S2Si. The molecule has 25 heavy (non-hydrogen) atoms. The van der Waals surface area contributed by atoms with E-state index in [2.05, 4.69) is 40.4 Å². The first-order valence-corrected chi connectivity index (χ1v) is 14.2. The van der Waals surface area contributed by atoms with Gasteiger partial charge >= 0.3 is 0 Å². The number of hydrogen-bond acceptors (Lipinski definition) is 4. The highest BCUT2D eigenvalue weighted by molar-refractivity contribution is 8.22. The molecule has 0 aliphatic heterocycles. The normalized spacial score (nSPS) is 13.5. The van der Waals surface area contributed by atoms with E-state index in [9.17, 15) is 0 Å². The zero-order chi connectivity index (χ0) is 19.3. The summed E-state index contributed by atoms with van der Waals surface area (Å²) < 4.78 is 12.8. The smallest absolute Gasteiger partial charge is 0.219 e. The molecule has 2 nitrogen and oxygen atoms in total. The summed E-state index contributed by atoms with van der Waals surface area (Å²) in [6.45, 7) is 16.2. The Morgan fingerprint density at radius 1 is 1.12 bits per heavy atom. The first-order chi connectivity index (χ1) is 11.6. The van der Waals surface area contributed by atoms with Crippen molar-refractivity contribution in [1.29, 1.82) is 0 Å². The highest BCUT2D eigenvalue weighted by Crippen LogP contribution is 2.36. The lowest BCUT2D eigenvalue weighted by Crippen LogP contribution is -2.40. The van der Waals surface area contributed by atoms with Gasteiger partial charge in [0.15, 0.2) is 8.32 Å². The summed E-state index contributed by atoms with van der Waals surface area (Å²) in [6, 6.07) is 0. The molecule has 0 radical (unpaired) electrons. The Morgan fingerprint density at radius 2 is 1.72 bits per heavy atom. The molecule has 148 valence electrons. The lowest BCUT2D eigenvalue weighted by molar-refractivity contribution is 0.172. The van der Waals surface area contributed by atoms with Crippen LogP contribution in [-0.4, -0.2) is 31.7 Å². The molecule has 1 atom stereocenters. The van der Waals surface area contributed by atoms with Crippen LogP contribution in [0.5, 0.6) is 0 Å². The standard InChI is InChI=1S/C20H40O2S2Si/c1-8-9-12-15-18(22-19(23)24-5)16-13-10-11-14-17-21-25(6,7)20(2,3)4/h8,18H,1,9-17H2,2-7H3. The van der Waals surface area contributed by atoms with E-state index in [0.29, 0.717) is 9.42 Å². The van der Waals surface area contributed by atoms with E-state index in [1.807, 2.05) is 12.3 Å². The molecule has 0 aromatic rings. The van der Waals surface area contributed by atoms with Crippen LogP contribution >= 0.6 is 24.0 Å². The topological polar surface area (TPSA) is 18.5 Å². The van der Waals surface area contributed by atoms with Gasteiger partial charge in [0, 0.05) is 6.61 Å². The van der Waals surface area contributed by atoms with Crippen LogP contribution < -0.4 is 0 Å². The summed E-state index contributed by atoms with van der Waals surface area (Å²) in [7, 11) is -1.58. The van der Waals surface area contributed by atoms with Gasteiger partial charge in [-0.15, -0.1) is 6.58 Å². The molecule has 0 N–H and O–H groups in total. The zero-order valence-electron chi connectivity index (χ0n) is 17.4. The summed E-state index contributed by atoms with van der Waals surface area (Å²) >= 11 is 6.74. The zero-order valence-corrected chi connectivity index (χ0v) is 20.0. The Labute approximate surface area is 167 Å². The van der Waals surface area contributed by atoms with E-state index in [0.717, 1.165) is 38.7 Å². The minimum Gasteiger partial charge on any atom is -0.475 e. The summed E-state index contributed by atoms with van der Waals surface area (Å²) in [6.07, 6.45) is 13.4. The maximum Gasteiger partial charge on any atom is 0.219 e. The Bertz CT molecular complexity index is 378. The van der Waals surface area contributed by atoms with Crippen molar-refractivity contribution in [3.63, 3.8) is 0 Å². The first kappa shape index (κ1) is 25.2. The van der Waals surface area contributed by atoms with Gasteiger partial charge in [-0.05, 0) is 75.1 Å². The van der Waals surface area contributed by atoms with Crippen molar-refractivity contribution in [3.8, 4) is 0 Å². The van der Waals surface area contributed by atoms with Crippen LogP contribution in [0.25, 0.3) is 0 Å². The van der Waals surface area contributed by atoms with Crippen molar-refractivity contribution >= 4 is 36.7 Å². The average molecular weight is 405 g/mol. The molecule has 0 spiro atoms. The van der Waals surface area contributed by atoms with E-state index < -0.39 is 8.32 Å². The van der Waals surface area contributed by atoms with Gasteiger partial charge < -0.3 is 9.16 Å². The second-order valence-electron chi connectivity index (χ2n) is 8.23. The van der Waals surface area contributed by atoms with Crippen molar-refractivity contribution in [3.05, 3.63) is 12.7 Å². The van der Waals surface area contributed by atoms with Gasteiger partial charge in [-0.25, -0.2) is 0 Å². The Kier molecular flexibility index (Phi) is 13.4. The molecular weight excluding hydrogens is 364 g/mol. The number of unbranched alkanes of at least 4 members (excludes halogenated alkanes) is 4. The number of allylic oxidation sites excluding steroid dienone is 1. The van der Waals surface area contributed by atoms with Crippen LogP contribution in [0.2, 0.25) is 18.1 Å². The molecule has 0 bridgehead atoms. The molecule has 5 heteroatoms. The molecule has 0 fully saturated rings. The molecule has 0 amide bonds. The molecule has 0 aromatic heterocycles. The molecule has 0 rings (SSSR count). The quantitative estimate of drug-likeness (QED) is 0.138. The van der Waals surface area contributed by atoms with E-state index >= 15 is 0 Å². The Hall–Kier alpha value is 0.157. The summed E-state index contributed by atoms with van der Waals surface area (Å²) in [4.78, 5) is 0. The number of rotatable bonds is 13. The molecule has 0 heterocycles. The highest BCUT2D eigenvalue weighted by atomic mass is 32.2. The molecule has 0 aromatic carbocycles. The van der Waals surface area contributed by atoms with Gasteiger partial charge in [-0.3, -0.25) is 0 Å². The number of thiocarbonyl (C=S) groups is 1. The maximum absolute atomic E-state index is 6.24. The summed E-state index contributed by atoms with van der Waals surface area (Å²) in [5.41, 5.74) is 0. The number of thioether (sulfide) groups is 1. The minimum atomic E-state index is -1.58. The average Bonchev–Trinajstić information content (AvgIpc) is 2.52. The molecule has 0 aliphatic carbocycles. The Balaban J connectivity index is 3.93.